The summed E-state index contributed by atoms with van der Waals surface area (Å²) >= 11 is 4.98. The fourth-order valence-electron chi connectivity index (χ4n) is 4.69. The summed E-state index contributed by atoms with van der Waals surface area (Å²) in [6, 6.07) is 3.57. The number of hydrogen-bond donors (Lipinski definition) is 2. The van der Waals surface area contributed by atoms with Crippen LogP contribution >= 0.6 is 27.3 Å². The number of hydrogen-bond acceptors (Lipinski definition) is 4. The second-order valence-electron chi connectivity index (χ2n) is 9.38. The number of halogens is 1. The Bertz CT molecular complexity index is 754. The van der Waals surface area contributed by atoms with Gasteiger partial charge in [-0.1, -0.05) is 40.0 Å². The molecule has 6 nitrogen and oxygen atoms in total. The van der Waals surface area contributed by atoms with E-state index in [9.17, 15) is 19.8 Å². The number of carbonyl (C=O) groups excluding carboxylic acids is 1. The third kappa shape index (κ3) is 4.80. The van der Waals surface area contributed by atoms with Gasteiger partial charge in [0.1, 0.15) is 5.92 Å². The van der Waals surface area contributed by atoms with Crippen LogP contribution < -0.4 is 0 Å². The molecule has 8 heteroatoms. The quantitative estimate of drug-likeness (QED) is 0.657. The summed E-state index contributed by atoms with van der Waals surface area (Å²) in [5, 5.41) is 21.1. The van der Waals surface area contributed by atoms with E-state index in [0.717, 1.165) is 27.9 Å². The number of piperazine rings is 1. The zero-order chi connectivity index (χ0) is 21.4. The summed E-state index contributed by atoms with van der Waals surface area (Å²) < 4.78 is 0.938. The lowest BCUT2D eigenvalue weighted by molar-refractivity contribution is -0.145. The molecule has 1 aliphatic heterocycles. The lowest BCUT2D eigenvalue weighted by atomic mass is 9.74. The van der Waals surface area contributed by atoms with Crippen molar-refractivity contribution in [1.29, 1.82) is 0 Å². The molecule has 1 saturated heterocycles. The molecule has 0 aromatic carbocycles. The highest BCUT2D eigenvalue weighted by Crippen LogP contribution is 2.44. The summed E-state index contributed by atoms with van der Waals surface area (Å²) in [4.78, 5) is 29.6. The predicted molar refractivity (Wildman–Crippen MR) is 117 cm³/mol. The average molecular weight is 487 g/mol. The number of carboxylic acid groups (broad SMARTS) is 1. The zero-order valence-corrected chi connectivity index (χ0v) is 19.8. The average Bonchev–Trinajstić information content (AvgIpc) is 3.06. The number of carbonyl (C=O) groups is 2. The highest BCUT2D eigenvalue weighted by Gasteiger charge is 2.47. The first-order valence-corrected chi connectivity index (χ1v) is 11.9. The van der Waals surface area contributed by atoms with Crippen molar-refractivity contribution in [1.82, 2.24) is 9.80 Å². The molecule has 29 heavy (non-hydrogen) atoms. The minimum atomic E-state index is -1.04. The van der Waals surface area contributed by atoms with Gasteiger partial charge >= 0.3 is 6.09 Å². The molecule has 1 aromatic heterocycles. The number of rotatable bonds is 3. The van der Waals surface area contributed by atoms with Gasteiger partial charge in [-0.05, 0) is 46.3 Å². The molecule has 3 rings (SSSR count). The first-order valence-electron chi connectivity index (χ1n) is 10.3. The van der Waals surface area contributed by atoms with Crippen molar-refractivity contribution in [2.45, 2.75) is 70.4 Å². The van der Waals surface area contributed by atoms with Gasteiger partial charge in [0.2, 0.25) is 5.91 Å². The molecule has 0 bridgehead atoms. The Kier molecular flexibility index (Phi) is 6.65. The second-order valence-corrected chi connectivity index (χ2v) is 11.9. The number of nitrogens with zero attached hydrogens (tertiary/aromatic N) is 2. The van der Waals surface area contributed by atoms with Crippen LogP contribution in [0.1, 0.15) is 63.7 Å². The maximum absolute atomic E-state index is 13.8. The smallest absolute Gasteiger partial charge is 0.407 e. The van der Waals surface area contributed by atoms with Gasteiger partial charge in [-0.2, -0.15) is 0 Å². The van der Waals surface area contributed by atoms with Gasteiger partial charge in [0.05, 0.1) is 15.4 Å². The van der Waals surface area contributed by atoms with Crippen molar-refractivity contribution in [3.8, 4) is 0 Å². The summed E-state index contributed by atoms with van der Waals surface area (Å²) in [6.07, 6.45) is 3.23. The van der Waals surface area contributed by atoms with E-state index < -0.39 is 17.6 Å². The molecule has 2 atom stereocenters. The first-order chi connectivity index (χ1) is 13.5. The van der Waals surface area contributed by atoms with Crippen LogP contribution in [0.5, 0.6) is 0 Å². The molecule has 162 valence electrons. The highest BCUT2D eigenvalue weighted by molar-refractivity contribution is 9.11. The van der Waals surface area contributed by atoms with Crippen molar-refractivity contribution in [3.63, 3.8) is 0 Å². The Labute approximate surface area is 185 Å². The van der Waals surface area contributed by atoms with E-state index in [0.29, 0.717) is 32.5 Å². The van der Waals surface area contributed by atoms with Crippen LogP contribution in [0.4, 0.5) is 4.79 Å². The summed E-state index contributed by atoms with van der Waals surface area (Å²) in [5.74, 6) is -0.681. The van der Waals surface area contributed by atoms with Gasteiger partial charge < -0.3 is 20.0 Å². The molecule has 0 spiro atoms. The Morgan fingerprint density at radius 2 is 1.86 bits per heavy atom. The first kappa shape index (κ1) is 22.6. The van der Waals surface area contributed by atoms with Gasteiger partial charge in [-0.25, -0.2) is 4.79 Å². The maximum atomic E-state index is 13.8. The minimum Gasteiger partial charge on any atom is -0.465 e. The van der Waals surface area contributed by atoms with Crippen molar-refractivity contribution < 1.29 is 19.8 Å². The van der Waals surface area contributed by atoms with Crippen LogP contribution in [-0.2, 0) is 4.79 Å². The standard InChI is InChI=1S/C21H31BrN2O4S/c1-20(2,3)15-13-23(11-12-24(15)19(26)27)18(25)17(14-7-8-16(22)29-14)21(28)9-5-4-6-10-21/h7-8,15,17,28H,4-6,9-13H2,1-3H3,(H,26,27). The third-order valence-electron chi connectivity index (χ3n) is 6.32. The molecule has 1 aliphatic carbocycles. The van der Waals surface area contributed by atoms with Gasteiger partial charge in [-0.15, -0.1) is 11.3 Å². The maximum Gasteiger partial charge on any atom is 0.407 e. The molecule has 2 unspecified atom stereocenters. The minimum absolute atomic E-state index is 0.0805. The molecule has 2 heterocycles. The third-order valence-corrected chi connectivity index (χ3v) is 8.01. The van der Waals surface area contributed by atoms with E-state index in [2.05, 4.69) is 15.9 Å². The molecular formula is C21H31BrN2O4S. The van der Waals surface area contributed by atoms with Crippen LogP contribution in [0.25, 0.3) is 0 Å². The molecule has 0 radical (unpaired) electrons. The zero-order valence-electron chi connectivity index (χ0n) is 17.4. The summed E-state index contributed by atoms with van der Waals surface area (Å²) in [7, 11) is 0. The van der Waals surface area contributed by atoms with E-state index >= 15 is 0 Å². The fraction of sp³-hybridized carbons (Fsp3) is 0.714. The number of amides is 2. The van der Waals surface area contributed by atoms with Crippen LogP contribution in [0.15, 0.2) is 15.9 Å². The SMILES string of the molecule is CC(C)(C)C1CN(C(=O)C(c2ccc(Br)s2)C2(O)CCCCC2)CCN1C(=O)O. The van der Waals surface area contributed by atoms with Crippen molar-refractivity contribution in [2.75, 3.05) is 19.6 Å². The van der Waals surface area contributed by atoms with E-state index in [1.54, 1.807) is 4.90 Å². The summed E-state index contributed by atoms with van der Waals surface area (Å²) in [5.41, 5.74) is -1.33. The van der Waals surface area contributed by atoms with Crippen molar-refractivity contribution in [3.05, 3.63) is 20.8 Å². The Morgan fingerprint density at radius 1 is 1.21 bits per heavy atom. The van der Waals surface area contributed by atoms with Gasteiger partial charge in [-0.3, -0.25) is 4.79 Å². The Hall–Kier alpha value is -1.12. The number of aliphatic hydroxyl groups is 1. The molecule has 2 N–H and O–H groups in total. The van der Waals surface area contributed by atoms with Gasteiger partial charge in [0, 0.05) is 24.5 Å². The van der Waals surface area contributed by atoms with E-state index in [1.807, 2.05) is 32.9 Å². The molecule has 2 amide bonds. The second kappa shape index (κ2) is 8.55. The Morgan fingerprint density at radius 3 is 2.38 bits per heavy atom. The molecule has 2 aliphatic rings. The largest absolute Gasteiger partial charge is 0.465 e. The van der Waals surface area contributed by atoms with Crippen LogP contribution in [0.2, 0.25) is 0 Å². The van der Waals surface area contributed by atoms with Gasteiger partial charge in [0.15, 0.2) is 0 Å². The predicted octanol–water partition coefficient (Wildman–Crippen LogP) is 4.53. The van der Waals surface area contributed by atoms with Crippen LogP contribution in [0.3, 0.4) is 0 Å². The van der Waals surface area contributed by atoms with Crippen molar-refractivity contribution >= 4 is 39.3 Å². The van der Waals surface area contributed by atoms with Crippen molar-refractivity contribution in [2.24, 2.45) is 5.41 Å². The van der Waals surface area contributed by atoms with E-state index in [4.69, 9.17) is 0 Å². The molecular weight excluding hydrogens is 456 g/mol. The van der Waals surface area contributed by atoms with Gasteiger partial charge in [0.25, 0.3) is 0 Å². The lowest BCUT2D eigenvalue weighted by Gasteiger charge is -2.48. The van der Waals surface area contributed by atoms with E-state index in [-0.39, 0.29) is 17.4 Å². The molecule has 1 saturated carbocycles. The fourth-order valence-corrected chi connectivity index (χ4v) is 6.32. The van der Waals surface area contributed by atoms with E-state index in [1.165, 1.54) is 16.2 Å². The lowest BCUT2D eigenvalue weighted by Crippen LogP contribution is -2.62. The molecule has 1 aromatic rings. The topological polar surface area (TPSA) is 81.1 Å². The normalized spacial score (nSPS) is 23.7. The highest BCUT2D eigenvalue weighted by atomic mass is 79.9. The molecule has 2 fully saturated rings. The van der Waals surface area contributed by atoms with Crippen LogP contribution in [-0.4, -0.2) is 63.3 Å². The van der Waals surface area contributed by atoms with Crippen LogP contribution in [0, 0.1) is 5.41 Å². The Balaban J connectivity index is 1.90. The monoisotopic (exact) mass is 486 g/mol. The number of thiophene rings is 1. The summed E-state index contributed by atoms with van der Waals surface area (Å²) in [6.45, 7) is 7.02.